The van der Waals surface area contributed by atoms with Crippen LogP contribution in [0.2, 0.25) is 0 Å². The fraction of sp³-hybridized carbons (Fsp3) is 0.429. The molecule has 8 heteroatoms. The minimum atomic E-state index is -0.897. The maximum absolute atomic E-state index is 12.0. The monoisotopic (exact) mass is 305 g/mol. The summed E-state index contributed by atoms with van der Waals surface area (Å²) < 4.78 is 3.29. The summed E-state index contributed by atoms with van der Waals surface area (Å²) in [7, 11) is 0. The van der Waals surface area contributed by atoms with Gasteiger partial charge < -0.3 is 10.4 Å². The molecule has 0 bridgehead atoms. The van der Waals surface area contributed by atoms with E-state index in [1.54, 1.807) is 6.20 Å². The second-order valence-electron chi connectivity index (χ2n) is 5.04. The maximum Gasteiger partial charge on any atom is 0.305 e. The van der Waals surface area contributed by atoms with E-state index in [-0.39, 0.29) is 18.9 Å². The highest BCUT2D eigenvalue weighted by Gasteiger charge is 2.09. The van der Waals surface area contributed by atoms with Gasteiger partial charge in [0.15, 0.2) is 0 Å². The lowest BCUT2D eigenvalue weighted by atomic mass is 10.3. The zero-order chi connectivity index (χ0) is 16.1. The molecule has 0 fully saturated rings. The molecule has 2 rings (SSSR count). The molecule has 0 aromatic carbocycles. The van der Waals surface area contributed by atoms with Crippen LogP contribution in [0.25, 0.3) is 0 Å². The lowest BCUT2D eigenvalue weighted by Crippen LogP contribution is -2.27. The first kappa shape index (κ1) is 15.7. The van der Waals surface area contributed by atoms with Gasteiger partial charge in [-0.1, -0.05) is 0 Å². The van der Waals surface area contributed by atoms with Crippen LogP contribution < -0.4 is 5.32 Å². The highest BCUT2D eigenvalue weighted by Crippen LogP contribution is 2.02. The van der Waals surface area contributed by atoms with Gasteiger partial charge in [0.2, 0.25) is 0 Å². The van der Waals surface area contributed by atoms with E-state index in [2.05, 4.69) is 15.5 Å². The molecule has 2 aromatic rings. The lowest BCUT2D eigenvalue weighted by molar-refractivity contribution is -0.137. The standard InChI is InChI=1S/C14H19N5O3/c1-10-7-11(2)19(17-10)6-4-15-14(22)12-8-16-18(9-12)5-3-13(20)21/h7-9H,3-6H2,1-2H3,(H,15,22)(H,20,21). The number of hydrogen-bond acceptors (Lipinski definition) is 4. The van der Waals surface area contributed by atoms with E-state index in [4.69, 9.17) is 5.11 Å². The Balaban J connectivity index is 1.82. The second-order valence-corrected chi connectivity index (χ2v) is 5.04. The Hall–Kier alpha value is -2.64. The number of nitrogens with zero attached hydrogens (tertiary/aromatic N) is 4. The summed E-state index contributed by atoms with van der Waals surface area (Å²) in [5, 5.41) is 19.7. The molecule has 0 aliphatic rings. The van der Waals surface area contributed by atoms with Gasteiger partial charge in [0.25, 0.3) is 5.91 Å². The summed E-state index contributed by atoms with van der Waals surface area (Å²) in [5.74, 6) is -1.13. The van der Waals surface area contributed by atoms with Crippen molar-refractivity contribution in [2.24, 2.45) is 0 Å². The topological polar surface area (TPSA) is 102 Å². The molecule has 1 amide bonds. The second kappa shape index (κ2) is 6.88. The Morgan fingerprint density at radius 3 is 2.73 bits per heavy atom. The van der Waals surface area contributed by atoms with E-state index >= 15 is 0 Å². The van der Waals surface area contributed by atoms with Gasteiger partial charge in [0.05, 0.1) is 37.0 Å². The van der Waals surface area contributed by atoms with Crippen molar-refractivity contribution in [1.29, 1.82) is 0 Å². The zero-order valence-corrected chi connectivity index (χ0v) is 12.6. The third-order valence-electron chi connectivity index (χ3n) is 3.16. The van der Waals surface area contributed by atoms with Crippen LogP contribution in [0.1, 0.15) is 28.2 Å². The van der Waals surface area contributed by atoms with Gasteiger partial charge in [-0.15, -0.1) is 0 Å². The normalized spacial score (nSPS) is 10.6. The number of carboxylic acids is 1. The van der Waals surface area contributed by atoms with Crippen LogP contribution in [0.3, 0.4) is 0 Å². The van der Waals surface area contributed by atoms with Crippen molar-refractivity contribution in [3.8, 4) is 0 Å². The Morgan fingerprint density at radius 1 is 1.32 bits per heavy atom. The van der Waals surface area contributed by atoms with Crippen molar-refractivity contribution in [2.45, 2.75) is 33.4 Å². The van der Waals surface area contributed by atoms with Gasteiger partial charge in [-0.25, -0.2) is 0 Å². The molecule has 2 N–H and O–H groups in total. The zero-order valence-electron chi connectivity index (χ0n) is 12.6. The molecule has 0 atom stereocenters. The molecule has 22 heavy (non-hydrogen) atoms. The SMILES string of the molecule is Cc1cc(C)n(CCNC(=O)c2cnn(CCC(=O)O)c2)n1. The lowest BCUT2D eigenvalue weighted by Gasteiger charge is -2.05. The summed E-state index contributed by atoms with van der Waals surface area (Å²) in [4.78, 5) is 22.5. The summed E-state index contributed by atoms with van der Waals surface area (Å²) in [6.45, 7) is 5.19. The first-order chi connectivity index (χ1) is 10.5. The van der Waals surface area contributed by atoms with Crippen LogP contribution >= 0.6 is 0 Å². The quantitative estimate of drug-likeness (QED) is 0.780. The number of amides is 1. The van der Waals surface area contributed by atoms with E-state index in [9.17, 15) is 9.59 Å². The van der Waals surface area contributed by atoms with E-state index in [1.807, 2.05) is 24.6 Å². The third kappa shape index (κ3) is 4.18. The van der Waals surface area contributed by atoms with Crippen molar-refractivity contribution < 1.29 is 14.7 Å². The van der Waals surface area contributed by atoms with Crippen molar-refractivity contribution in [2.75, 3.05) is 6.54 Å². The fourth-order valence-corrected chi connectivity index (χ4v) is 2.09. The van der Waals surface area contributed by atoms with Crippen molar-refractivity contribution in [3.63, 3.8) is 0 Å². The van der Waals surface area contributed by atoms with Crippen molar-refractivity contribution in [1.82, 2.24) is 24.9 Å². The number of aromatic nitrogens is 4. The van der Waals surface area contributed by atoms with Gasteiger partial charge in [-0.05, 0) is 19.9 Å². The van der Waals surface area contributed by atoms with E-state index in [0.717, 1.165) is 11.4 Å². The van der Waals surface area contributed by atoms with Crippen LogP contribution in [0.5, 0.6) is 0 Å². The molecular weight excluding hydrogens is 286 g/mol. The molecule has 0 saturated heterocycles. The van der Waals surface area contributed by atoms with Gasteiger partial charge in [0.1, 0.15) is 0 Å². The number of carbonyl (C=O) groups is 2. The molecule has 0 aliphatic carbocycles. The predicted octanol–water partition coefficient (Wildman–Crippen LogP) is 0.601. The average Bonchev–Trinajstić information content (AvgIpc) is 3.03. The minimum Gasteiger partial charge on any atom is -0.481 e. The number of carbonyl (C=O) groups excluding carboxylic acids is 1. The highest BCUT2D eigenvalue weighted by atomic mass is 16.4. The van der Waals surface area contributed by atoms with Crippen LogP contribution in [0, 0.1) is 13.8 Å². The van der Waals surface area contributed by atoms with Crippen LogP contribution in [-0.2, 0) is 17.9 Å². The van der Waals surface area contributed by atoms with E-state index in [1.165, 1.54) is 10.9 Å². The largest absolute Gasteiger partial charge is 0.481 e. The summed E-state index contributed by atoms with van der Waals surface area (Å²) in [5.41, 5.74) is 2.41. The van der Waals surface area contributed by atoms with E-state index in [0.29, 0.717) is 18.7 Å². The number of nitrogens with one attached hydrogen (secondary N) is 1. The van der Waals surface area contributed by atoms with Gasteiger partial charge >= 0.3 is 5.97 Å². The number of hydrogen-bond donors (Lipinski definition) is 2. The third-order valence-corrected chi connectivity index (χ3v) is 3.16. The first-order valence-corrected chi connectivity index (χ1v) is 6.99. The molecular formula is C14H19N5O3. The molecule has 8 nitrogen and oxygen atoms in total. The van der Waals surface area contributed by atoms with Gasteiger partial charge in [-0.3, -0.25) is 19.0 Å². The molecule has 2 heterocycles. The van der Waals surface area contributed by atoms with Crippen molar-refractivity contribution in [3.05, 3.63) is 35.4 Å². The van der Waals surface area contributed by atoms with Crippen LogP contribution in [0.4, 0.5) is 0 Å². The number of aliphatic carboxylic acids is 1. The summed E-state index contributed by atoms with van der Waals surface area (Å²) >= 11 is 0. The first-order valence-electron chi connectivity index (χ1n) is 6.99. The van der Waals surface area contributed by atoms with Gasteiger partial charge in [0, 0.05) is 18.4 Å². The number of rotatable bonds is 7. The van der Waals surface area contributed by atoms with Gasteiger partial charge in [-0.2, -0.15) is 10.2 Å². The molecule has 2 aromatic heterocycles. The van der Waals surface area contributed by atoms with Crippen LogP contribution in [-0.4, -0.2) is 43.1 Å². The Kier molecular flexibility index (Phi) is 4.92. The summed E-state index contributed by atoms with van der Waals surface area (Å²) in [6, 6.07) is 1.98. The van der Waals surface area contributed by atoms with E-state index < -0.39 is 5.97 Å². The number of aryl methyl sites for hydroxylation is 3. The van der Waals surface area contributed by atoms with Crippen molar-refractivity contribution >= 4 is 11.9 Å². The summed E-state index contributed by atoms with van der Waals surface area (Å²) in [6.07, 6.45) is 2.95. The van der Waals surface area contributed by atoms with Crippen LogP contribution in [0.15, 0.2) is 18.5 Å². The highest BCUT2D eigenvalue weighted by molar-refractivity contribution is 5.93. The fourth-order valence-electron chi connectivity index (χ4n) is 2.09. The molecule has 0 unspecified atom stereocenters. The average molecular weight is 305 g/mol. The Labute approximate surface area is 127 Å². The molecule has 0 aliphatic heterocycles. The number of carboxylic acid groups (broad SMARTS) is 1. The maximum atomic E-state index is 12.0. The molecule has 0 spiro atoms. The smallest absolute Gasteiger partial charge is 0.305 e. The predicted molar refractivity (Wildman–Crippen MR) is 78.5 cm³/mol. The Bertz CT molecular complexity index is 674. The molecule has 0 radical (unpaired) electrons. The Morgan fingerprint density at radius 2 is 2.09 bits per heavy atom. The molecule has 118 valence electrons. The molecule has 0 saturated carbocycles. The minimum absolute atomic E-state index is 0.0271.